The third-order valence-corrected chi connectivity index (χ3v) is 16.1. The van der Waals surface area contributed by atoms with E-state index in [2.05, 4.69) is 34.4 Å². The van der Waals surface area contributed by atoms with Crippen molar-refractivity contribution in [2.45, 2.75) is 113 Å². The molecular weight excluding hydrogens is 1140 g/mol. The molecule has 438 valence electrons. The van der Waals surface area contributed by atoms with Crippen LogP contribution in [-0.2, 0) is 65.1 Å². The number of nitrogen functional groups attached to an aromatic ring is 1. The van der Waals surface area contributed by atoms with E-state index in [1.54, 1.807) is 30.4 Å². The van der Waals surface area contributed by atoms with Gasteiger partial charge in [-0.15, -0.1) is 11.8 Å². The number of phosphoric ester groups is 3. The smallest absolute Gasteiger partial charge is 0.481 e. The van der Waals surface area contributed by atoms with Crippen LogP contribution < -0.4 is 22.1 Å². The van der Waals surface area contributed by atoms with Crippen LogP contribution in [0.3, 0.4) is 0 Å². The molecule has 31 nitrogen and oxygen atoms in total. The number of carbonyl (C=O) groups is 6. The van der Waals surface area contributed by atoms with E-state index >= 15 is 0 Å². The molecule has 1 fully saturated rings. The van der Waals surface area contributed by atoms with E-state index in [4.69, 9.17) is 35.5 Å². The standard InChI is InChI=1S/C42H65N8O23P3S2/c1-42(2,22-70-76(67,68)73-75(65,66)69-20-28-35(72-74(62,63)64)34(57)40(71-28)50-24-49-33-37(44)47-23-48-38(33)50)36(58)39(59)46-16-15-30(53)45-17-18-77-32(56)19-25(51)11-8-6-4-3-5-7-9-13-29(78-21-26(43)41(60)61)27(52)12-10-14-31(54)55/h3-5,7,9,13,23-24,26-29,34-36,40,52,57-58H,6,8,10-12,14-22,43H2,1-2H3,(H,45,53)(H,46,59)(H,54,55)(H,60,61)(H,65,66)(H,67,68)(H2,44,47,48)(H2,62,63,64)/b4-3-,7-5+,13-9+/t26-,27+,28-,29-,34+,35+,36?,40-/m1/s1. The molecule has 36 heteroatoms. The fourth-order valence-corrected chi connectivity index (χ4v) is 11.4. The number of amides is 2. The molecule has 0 aliphatic carbocycles. The van der Waals surface area contributed by atoms with Crippen molar-refractivity contribution in [1.29, 1.82) is 0 Å². The Morgan fingerprint density at radius 2 is 1.62 bits per heavy atom. The van der Waals surface area contributed by atoms with Crippen molar-refractivity contribution in [2.75, 3.05) is 43.5 Å². The number of phosphoric acid groups is 3. The number of aliphatic carboxylic acids is 2. The topological polar surface area (TPSA) is 502 Å². The second-order valence-corrected chi connectivity index (χ2v) is 24.3. The highest BCUT2D eigenvalue weighted by molar-refractivity contribution is 8.13. The summed E-state index contributed by atoms with van der Waals surface area (Å²) >= 11 is 1.99. The van der Waals surface area contributed by atoms with Crippen LogP contribution >= 0.6 is 47.0 Å². The van der Waals surface area contributed by atoms with Crippen molar-refractivity contribution < 1.29 is 110 Å². The number of aliphatic hydroxyl groups is 3. The summed E-state index contributed by atoms with van der Waals surface area (Å²) in [6.45, 7) is 0.0853. The first kappa shape index (κ1) is 67.9. The Morgan fingerprint density at radius 3 is 2.29 bits per heavy atom. The Labute approximate surface area is 454 Å². The van der Waals surface area contributed by atoms with Crippen LogP contribution in [0.4, 0.5) is 5.82 Å². The predicted molar refractivity (Wildman–Crippen MR) is 277 cm³/mol. The average Bonchev–Trinajstić information content (AvgIpc) is 3.91. The molecule has 78 heavy (non-hydrogen) atoms. The van der Waals surface area contributed by atoms with E-state index in [9.17, 15) is 77.4 Å². The van der Waals surface area contributed by atoms with E-state index in [0.29, 0.717) is 12.8 Å². The number of imidazole rings is 1. The zero-order valence-corrected chi connectivity index (χ0v) is 46.3. The first-order valence-electron chi connectivity index (χ1n) is 23.5. The molecule has 2 aromatic heterocycles. The number of fused-ring (bicyclic) bond motifs is 1. The molecule has 1 aliphatic heterocycles. The number of hydrogen-bond acceptors (Lipinski definition) is 24. The van der Waals surface area contributed by atoms with Gasteiger partial charge in [0, 0.05) is 54.5 Å². The minimum atomic E-state index is -5.62. The minimum absolute atomic E-state index is 0.00855. The Hall–Kier alpha value is -4.34. The van der Waals surface area contributed by atoms with Gasteiger partial charge in [0.05, 0.1) is 32.1 Å². The molecule has 1 saturated heterocycles. The number of Topliss-reactive ketones (excluding diaryl/α,β-unsaturated/α-hetero) is 1. The molecule has 2 aromatic rings. The third kappa shape index (κ3) is 24.6. The predicted octanol–water partition coefficient (Wildman–Crippen LogP) is 0.592. The lowest BCUT2D eigenvalue weighted by atomic mass is 9.87. The van der Waals surface area contributed by atoms with Crippen LogP contribution in [0.15, 0.2) is 49.1 Å². The van der Waals surface area contributed by atoms with Gasteiger partial charge in [0.1, 0.15) is 48.1 Å². The summed E-state index contributed by atoms with van der Waals surface area (Å²) in [4.78, 5) is 123. The van der Waals surface area contributed by atoms with Gasteiger partial charge in [-0.25, -0.2) is 28.6 Å². The van der Waals surface area contributed by atoms with E-state index in [1.807, 2.05) is 6.08 Å². The molecule has 2 amide bonds. The van der Waals surface area contributed by atoms with Crippen LogP contribution in [0.25, 0.3) is 11.2 Å². The van der Waals surface area contributed by atoms with Gasteiger partial charge in [-0.05, 0) is 25.7 Å². The largest absolute Gasteiger partial charge is 0.481 e. The molecule has 3 rings (SSSR count). The van der Waals surface area contributed by atoms with Crippen LogP contribution in [-0.4, -0.2) is 179 Å². The summed E-state index contributed by atoms with van der Waals surface area (Å²) in [5.74, 6) is -3.91. The van der Waals surface area contributed by atoms with E-state index in [0.717, 1.165) is 40.7 Å². The van der Waals surface area contributed by atoms with Crippen LogP contribution in [0.5, 0.6) is 0 Å². The Morgan fingerprint density at radius 1 is 0.923 bits per heavy atom. The van der Waals surface area contributed by atoms with E-state index < -0.39 is 119 Å². The molecule has 1 aliphatic rings. The van der Waals surface area contributed by atoms with Crippen LogP contribution in [0, 0.1) is 5.41 Å². The van der Waals surface area contributed by atoms with Gasteiger partial charge in [0.2, 0.25) is 11.8 Å². The number of unbranched alkanes of at least 4 members (excludes halogenated alkanes) is 1. The molecule has 0 saturated carbocycles. The normalized spacial score (nSPS) is 20.3. The monoisotopic (exact) mass is 1210 g/mol. The van der Waals surface area contributed by atoms with Gasteiger partial charge >= 0.3 is 35.4 Å². The highest BCUT2D eigenvalue weighted by Crippen LogP contribution is 2.61. The van der Waals surface area contributed by atoms with Crippen molar-refractivity contribution in [1.82, 2.24) is 30.2 Å². The van der Waals surface area contributed by atoms with E-state index in [1.165, 1.54) is 13.8 Å². The first-order chi connectivity index (χ1) is 36.4. The molecule has 0 bridgehead atoms. The number of hydrogen-bond donors (Lipinski definition) is 13. The number of carboxylic acids is 2. The maximum atomic E-state index is 12.8. The van der Waals surface area contributed by atoms with Crippen molar-refractivity contribution >= 4 is 98.6 Å². The fraction of sp³-hybridized carbons (Fsp3) is 0.595. The van der Waals surface area contributed by atoms with Crippen LogP contribution in [0.1, 0.15) is 71.4 Å². The fourth-order valence-electron chi connectivity index (χ4n) is 6.70. The number of thioether (sulfide) groups is 2. The second kappa shape index (κ2) is 32.2. The highest BCUT2D eigenvalue weighted by Gasteiger charge is 2.50. The first-order valence-corrected chi connectivity index (χ1v) is 30.0. The minimum Gasteiger partial charge on any atom is -0.481 e. The second-order valence-electron chi connectivity index (χ2n) is 17.7. The van der Waals surface area contributed by atoms with Gasteiger partial charge in [0.25, 0.3) is 0 Å². The molecule has 0 radical (unpaired) electrons. The third-order valence-electron chi connectivity index (χ3n) is 10.8. The number of carbonyl (C=O) groups excluding carboxylic acids is 4. The number of ketones is 1. The van der Waals surface area contributed by atoms with Gasteiger partial charge < -0.3 is 71.9 Å². The van der Waals surface area contributed by atoms with Crippen molar-refractivity contribution in [3.05, 3.63) is 49.1 Å². The SMILES string of the molecule is CC(C)(COP(=O)(O)OP(=O)(O)OC[C@H]1O[C@@H](n2cnc3c(N)ncnc32)[C@@H](O)[C@H]1OP(=O)(O)O)C(O)C(=O)NCCC(=O)NCCSC(=O)CC(=O)CCC\C=C/C=C/C=C/[C@@H](SC[C@@H](N)C(=O)O)[C@@H](O)CCCC(=O)O. The summed E-state index contributed by atoms with van der Waals surface area (Å²) in [7, 11) is -16.5. The number of ether oxygens (including phenoxy) is 1. The summed E-state index contributed by atoms with van der Waals surface area (Å²) in [6.07, 6.45) is 3.28. The molecule has 3 heterocycles. The van der Waals surface area contributed by atoms with Crippen molar-refractivity contribution in [3.63, 3.8) is 0 Å². The lowest BCUT2D eigenvalue weighted by Gasteiger charge is -2.30. The zero-order chi connectivity index (χ0) is 58.4. The maximum absolute atomic E-state index is 12.8. The van der Waals surface area contributed by atoms with Gasteiger partial charge in [-0.3, -0.25) is 46.9 Å². The summed E-state index contributed by atoms with van der Waals surface area (Å²) < 4.78 is 62.4. The number of rotatable bonds is 37. The number of aliphatic hydroxyl groups excluding tert-OH is 3. The average molecular weight is 1210 g/mol. The summed E-state index contributed by atoms with van der Waals surface area (Å²) in [6, 6.07) is -1.13. The molecule has 0 spiro atoms. The number of carboxylic acid groups (broad SMARTS) is 2. The Bertz CT molecular complexity index is 2600. The number of nitrogens with two attached hydrogens (primary N) is 2. The Kier molecular flexibility index (Phi) is 28.0. The Balaban J connectivity index is 1.32. The number of anilines is 1. The molecule has 10 atom stereocenters. The highest BCUT2D eigenvalue weighted by atomic mass is 32.2. The van der Waals surface area contributed by atoms with Gasteiger partial charge in [0.15, 0.2) is 22.8 Å². The quantitative estimate of drug-likeness (QED) is 0.0191. The molecule has 3 unspecified atom stereocenters. The van der Waals surface area contributed by atoms with Crippen molar-refractivity contribution in [3.8, 4) is 0 Å². The van der Waals surface area contributed by atoms with Crippen molar-refractivity contribution in [2.24, 2.45) is 11.1 Å². The molecule has 0 aromatic carbocycles. The molecular formula is C42H65N8O23P3S2. The van der Waals surface area contributed by atoms with Crippen LogP contribution in [0.2, 0.25) is 0 Å². The number of aromatic nitrogens is 4. The van der Waals surface area contributed by atoms with E-state index in [-0.39, 0.29) is 85.9 Å². The summed E-state index contributed by atoms with van der Waals surface area (Å²) in [5, 5.41) is 53.9. The molecule has 15 N–H and O–H groups in total. The number of nitrogens with zero attached hydrogens (tertiary/aromatic N) is 4. The van der Waals surface area contributed by atoms with Gasteiger partial charge in [-0.2, -0.15) is 4.31 Å². The lowest BCUT2D eigenvalue weighted by Crippen LogP contribution is -2.46. The summed E-state index contributed by atoms with van der Waals surface area (Å²) in [5.41, 5.74) is 9.74. The maximum Gasteiger partial charge on any atom is 0.481 e. The zero-order valence-electron chi connectivity index (χ0n) is 42.0. The number of nitrogens with one attached hydrogen (secondary N) is 2. The van der Waals surface area contributed by atoms with Gasteiger partial charge in [-0.1, -0.05) is 62.1 Å². The lowest BCUT2D eigenvalue weighted by molar-refractivity contribution is -0.138. The number of allylic oxidation sites excluding steroid dienone is 5.